The van der Waals surface area contributed by atoms with Crippen LogP contribution < -0.4 is 10.1 Å². The van der Waals surface area contributed by atoms with Gasteiger partial charge >= 0.3 is 0 Å². The van der Waals surface area contributed by atoms with Gasteiger partial charge in [0.25, 0.3) is 0 Å². The standard InChI is InChI=1S/C24H24N6O/c1-16(2)22-14-28-24-23(27-9-8-17-4-6-20(31-3)7-5-17)29-21(15-30(22)24)19-10-18(11-25)12-26-13-19/h4-7,10,12-16H,8-9H2,1-3H3,(H,27,29). The number of nitrogens with one attached hydrogen (secondary N) is 1. The first-order valence-corrected chi connectivity index (χ1v) is 10.2. The Kier molecular flexibility index (Phi) is 5.80. The monoisotopic (exact) mass is 412 g/mol. The number of methoxy groups -OCH3 is 1. The van der Waals surface area contributed by atoms with Crippen molar-refractivity contribution in [3.8, 4) is 23.1 Å². The summed E-state index contributed by atoms with van der Waals surface area (Å²) in [7, 11) is 1.66. The second-order valence-corrected chi connectivity index (χ2v) is 7.61. The minimum atomic E-state index is 0.306. The molecule has 0 atom stereocenters. The molecule has 3 aromatic heterocycles. The lowest BCUT2D eigenvalue weighted by Crippen LogP contribution is -2.09. The maximum atomic E-state index is 9.23. The molecule has 31 heavy (non-hydrogen) atoms. The van der Waals surface area contributed by atoms with E-state index < -0.39 is 0 Å². The molecule has 0 aliphatic carbocycles. The van der Waals surface area contributed by atoms with Crippen molar-refractivity contribution < 1.29 is 4.74 Å². The molecule has 0 unspecified atom stereocenters. The van der Waals surface area contributed by atoms with Crippen LogP contribution in [0.15, 0.2) is 55.1 Å². The van der Waals surface area contributed by atoms with Gasteiger partial charge in [-0.05, 0) is 36.1 Å². The highest BCUT2D eigenvalue weighted by Crippen LogP contribution is 2.26. The Labute approximate surface area is 181 Å². The summed E-state index contributed by atoms with van der Waals surface area (Å²) in [6.07, 6.45) is 7.97. The van der Waals surface area contributed by atoms with Gasteiger partial charge < -0.3 is 10.1 Å². The smallest absolute Gasteiger partial charge is 0.180 e. The van der Waals surface area contributed by atoms with Gasteiger partial charge in [0.1, 0.15) is 11.8 Å². The van der Waals surface area contributed by atoms with E-state index in [1.807, 2.05) is 24.5 Å². The summed E-state index contributed by atoms with van der Waals surface area (Å²) in [6, 6.07) is 12.0. The van der Waals surface area contributed by atoms with Crippen molar-refractivity contribution in [3.05, 3.63) is 71.9 Å². The number of pyridine rings is 1. The second kappa shape index (κ2) is 8.84. The van der Waals surface area contributed by atoms with Crippen LogP contribution in [0.5, 0.6) is 5.75 Å². The number of hydrogen-bond acceptors (Lipinski definition) is 6. The van der Waals surface area contributed by atoms with E-state index in [1.54, 1.807) is 25.6 Å². The molecule has 0 amide bonds. The third-order valence-electron chi connectivity index (χ3n) is 5.14. The number of ether oxygens (including phenoxy) is 1. The Morgan fingerprint density at radius 2 is 1.97 bits per heavy atom. The first-order valence-electron chi connectivity index (χ1n) is 10.2. The molecule has 7 heteroatoms. The van der Waals surface area contributed by atoms with Crippen molar-refractivity contribution in [3.63, 3.8) is 0 Å². The number of aromatic nitrogens is 4. The Hall–Kier alpha value is -3.92. The predicted molar refractivity (Wildman–Crippen MR) is 120 cm³/mol. The summed E-state index contributed by atoms with van der Waals surface area (Å²) in [5.41, 5.74) is 5.13. The zero-order valence-electron chi connectivity index (χ0n) is 17.8. The number of fused-ring (bicyclic) bond motifs is 1. The summed E-state index contributed by atoms with van der Waals surface area (Å²) in [5, 5.41) is 12.7. The lowest BCUT2D eigenvalue weighted by Gasteiger charge is -2.12. The van der Waals surface area contributed by atoms with Crippen LogP contribution in [0.2, 0.25) is 0 Å². The number of hydrogen-bond donors (Lipinski definition) is 1. The minimum Gasteiger partial charge on any atom is -0.497 e. The van der Waals surface area contributed by atoms with Crippen LogP contribution in [0.4, 0.5) is 5.82 Å². The van der Waals surface area contributed by atoms with Crippen LogP contribution >= 0.6 is 0 Å². The van der Waals surface area contributed by atoms with Gasteiger partial charge in [0.2, 0.25) is 0 Å². The van der Waals surface area contributed by atoms with Crippen LogP contribution in [-0.2, 0) is 6.42 Å². The molecule has 0 aliphatic rings. The fourth-order valence-corrected chi connectivity index (χ4v) is 3.45. The summed E-state index contributed by atoms with van der Waals surface area (Å²) in [4.78, 5) is 13.6. The lowest BCUT2D eigenvalue weighted by atomic mass is 10.1. The molecule has 4 rings (SSSR count). The van der Waals surface area contributed by atoms with Gasteiger partial charge in [0, 0.05) is 42.6 Å². The number of imidazole rings is 1. The van der Waals surface area contributed by atoms with Gasteiger partial charge in [0.15, 0.2) is 11.5 Å². The fourth-order valence-electron chi connectivity index (χ4n) is 3.45. The molecule has 0 radical (unpaired) electrons. The SMILES string of the molecule is COc1ccc(CCNc2nc(-c3cncc(C#N)c3)cn3c(C(C)C)cnc23)cc1. The number of benzene rings is 1. The van der Waals surface area contributed by atoms with Crippen molar-refractivity contribution in [2.24, 2.45) is 0 Å². The van der Waals surface area contributed by atoms with Crippen LogP contribution in [-0.4, -0.2) is 33.0 Å². The van der Waals surface area contributed by atoms with E-state index in [-0.39, 0.29) is 0 Å². The minimum absolute atomic E-state index is 0.306. The third-order valence-corrected chi connectivity index (χ3v) is 5.14. The average Bonchev–Trinajstić information content (AvgIpc) is 3.24. The molecule has 156 valence electrons. The fraction of sp³-hybridized carbons (Fsp3) is 0.250. The molecule has 0 aliphatic heterocycles. The highest BCUT2D eigenvalue weighted by atomic mass is 16.5. The molecular formula is C24H24N6O. The van der Waals surface area contributed by atoms with Crippen LogP contribution in [0.25, 0.3) is 16.9 Å². The van der Waals surface area contributed by atoms with Crippen molar-refractivity contribution in [1.29, 1.82) is 5.26 Å². The van der Waals surface area contributed by atoms with Crippen molar-refractivity contribution in [1.82, 2.24) is 19.4 Å². The average molecular weight is 412 g/mol. The molecule has 1 N–H and O–H groups in total. The predicted octanol–water partition coefficient (Wildman–Crippen LogP) is 4.45. The molecule has 0 spiro atoms. The Balaban J connectivity index is 1.66. The summed E-state index contributed by atoms with van der Waals surface area (Å²) in [6.45, 7) is 4.98. The number of nitriles is 1. The summed E-state index contributed by atoms with van der Waals surface area (Å²) < 4.78 is 7.29. The molecule has 0 bridgehead atoms. The first-order chi connectivity index (χ1) is 15.1. The molecule has 0 fully saturated rings. The van der Waals surface area contributed by atoms with Gasteiger partial charge in [-0.15, -0.1) is 0 Å². The molecule has 4 aromatic rings. The van der Waals surface area contributed by atoms with E-state index in [0.29, 0.717) is 23.8 Å². The third kappa shape index (κ3) is 4.33. The van der Waals surface area contributed by atoms with E-state index in [4.69, 9.17) is 9.72 Å². The topological polar surface area (TPSA) is 88.1 Å². The van der Waals surface area contributed by atoms with Crippen molar-refractivity contribution in [2.75, 3.05) is 19.0 Å². The maximum Gasteiger partial charge on any atom is 0.180 e. The van der Waals surface area contributed by atoms with Crippen molar-refractivity contribution in [2.45, 2.75) is 26.2 Å². The van der Waals surface area contributed by atoms with E-state index in [2.05, 4.69) is 51.7 Å². The van der Waals surface area contributed by atoms with Crippen LogP contribution in [0, 0.1) is 11.3 Å². The highest BCUT2D eigenvalue weighted by Gasteiger charge is 2.15. The molecule has 0 saturated heterocycles. The molecule has 0 saturated carbocycles. The molecule has 3 heterocycles. The van der Waals surface area contributed by atoms with Gasteiger partial charge in [-0.25, -0.2) is 9.97 Å². The highest BCUT2D eigenvalue weighted by molar-refractivity contribution is 5.70. The van der Waals surface area contributed by atoms with Gasteiger partial charge in [-0.2, -0.15) is 5.26 Å². The Morgan fingerprint density at radius 1 is 1.16 bits per heavy atom. The lowest BCUT2D eigenvalue weighted by molar-refractivity contribution is 0.414. The molecule has 7 nitrogen and oxygen atoms in total. The van der Waals surface area contributed by atoms with E-state index in [0.717, 1.165) is 34.8 Å². The Morgan fingerprint density at radius 3 is 2.68 bits per heavy atom. The van der Waals surface area contributed by atoms with Gasteiger partial charge in [0.05, 0.1) is 18.4 Å². The van der Waals surface area contributed by atoms with E-state index in [9.17, 15) is 5.26 Å². The summed E-state index contributed by atoms with van der Waals surface area (Å²) >= 11 is 0. The van der Waals surface area contributed by atoms with Gasteiger partial charge in [-0.3, -0.25) is 9.38 Å². The van der Waals surface area contributed by atoms with Gasteiger partial charge in [-0.1, -0.05) is 26.0 Å². The van der Waals surface area contributed by atoms with E-state index >= 15 is 0 Å². The number of anilines is 1. The zero-order valence-corrected chi connectivity index (χ0v) is 17.8. The zero-order chi connectivity index (χ0) is 21.8. The molecular weight excluding hydrogens is 388 g/mol. The number of rotatable bonds is 7. The Bertz CT molecular complexity index is 1240. The maximum absolute atomic E-state index is 9.23. The van der Waals surface area contributed by atoms with Crippen LogP contribution in [0.3, 0.4) is 0 Å². The number of nitrogens with zero attached hydrogens (tertiary/aromatic N) is 5. The molecule has 1 aromatic carbocycles. The van der Waals surface area contributed by atoms with Crippen LogP contribution in [0.1, 0.15) is 36.6 Å². The quantitative estimate of drug-likeness (QED) is 0.482. The normalized spacial score (nSPS) is 10.9. The van der Waals surface area contributed by atoms with Crippen molar-refractivity contribution >= 4 is 11.5 Å². The summed E-state index contributed by atoms with van der Waals surface area (Å²) in [5.74, 6) is 1.86. The van der Waals surface area contributed by atoms with E-state index in [1.165, 1.54) is 5.56 Å². The first kappa shape index (κ1) is 20.4. The second-order valence-electron chi connectivity index (χ2n) is 7.61. The largest absolute Gasteiger partial charge is 0.497 e.